The zero-order chi connectivity index (χ0) is 24.2. The van der Waals surface area contributed by atoms with E-state index in [0.717, 1.165) is 49.8 Å². The maximum atomic E-state index is 12.2. The molecule has 2 N–H and O–H groups in total. The maximum Gasteiger partial charge on any atom is 0.490 e. The Labute approximate surface area is 192 Å². The fourth-order valence-electron chi connectivity index (χ4n) is 4.12. The first-order chi connectivity index (χ1) is 15.5. The molecule has 2 aliphatic heterocycles. The minimum atomic E-state index is -5.08. The summed E-state index contributed by atoms with van der Waals surface area (Å²) < 4.78 is 39.5. The lowest BCUT2D eigenvalue weighted by molar-refractivity contribution is -0.192. The second kappa shape index (κ2) is 10.2. The van der Waals surface area contributed by atoms with Crippen LogP contribution in [0.2, 0.25) is 0 Å². The van der Waals surface area contributed by atoms with Crippen LogP contribution in [0.5, 0.6) is 0 Å². The molecule has 4 rings (SSSR count). The molecule has 1 atom stereocenters. The molecular weight excluding hydrogens is 463 g/mol. The van der Waals surface area contributed by atoms with Crippen molar-refractivity contribution in [1.82, 2.24) is 25.0 Å². The van der Waals surface area contributed by atoms with Gasteiger partial charge in [0.1, 0.15) is 5.69 Å². The third kappa shape index (κ3) is 6.30. The van der Waals surface area contributed by atoms with Gasteiger partial charge in [0.15, 0.2) is 0 Å². The first-order valence-corrected chi connectivity index (χ1v) is 11.2. The number of aryl methyl sites for hydroxylation is 2. The number of carboxylic acids is 1. The average Bonchev–Trinajstić information content (AvgIpc) is 3.42. The number of carboxylic acid groups (broad SMARTS) is 1. The summed E-state index contributed by atoms with van der Waals surface area (Å²) in [5, 5.41) is 17.4. The van der Waals surface area contributed by atoms with Crippen molar-refractivity contribution in [2.24, 2.45) is 13.0 Å². The van der Waals surface area contributed by atoms with Crippen molar-refractivity contribution in [2.45, 2.75) is 38.1 Å². The zero-order valence-electron chi connectivity index (χ0n) is 18.3. The molecule has 1 amide bonds. The van der Waals surface area contributed by atoms with Crippen molar-refractivity contribution in [2.75, 3.05) is 26.2 Å². The summed E-state index contributed by atoms with van der Waals surface area (Å²) in [5.74, 6) is -2.32. The van der Waals surface area contributed by atoms with Gasteiger partial charge in [0.2, 0.25) is 0 Å². The number of aromatic nitrogens is 3. The standard InChI is InChI=1S/C18H25N5O2S.C2HF3O2/c1-13-21-15(10-26-13)9-23-11-18(12-23)14(5-8-25-18)3-6-19-17(24)16-4-7-20-22(16)2;3-2(4,5)1(6)7/h4,7,10,14H,3,5-6,8-9,11-12H2,1-2H3,(H,19,24);(H,6,7). The number of thiazole rings is 1. The van der Waals surface area contributed by atoms with E-state index in [4.69, 9.17) is 14.6 Å². The average molecular weight is 490 g/mol. The molecule has 13 heteroatoms. The molecule has 0 aliphatic carbocycles. The number of hydrogen-bond donors (Lipinski definition) is 2. The Bertz CT molecular complexity index is 971. The summed E-state index contributed by atoms with van der Waals surface area (Å²) in [7, 11) is 1.78. The molecular formula is C20H26F3N5O4S. The third-order valence-corrected chi connectivity index (χ3v) is 6.53. The lowest BCUT2D eigenvalue weighted by Crippen LogP contribution is -2.64. The van der Waals surface area contributed by atoms with Crippen LogP contribution in [0.3, 0.4) is 0 Å². The normalized spacial score (nSPS) is 19.6. The van der Waals surface area contributed by atoms with Gasteiger partial charge >= 0.3 is 12.1 Å². The number of aliphatic carboxylic acids is 1. The van der Waals surface area contributed by atoms with E-state index in [0.29, 0.717) is 18.2 Å². The van der Waals surface area contributed by atoms with Crippen LogP contribution in [0.15, 0.2) is 17.6 Å². The van der Waals surface area contributed by atoms with Crippen LogP contribution in [-0.2, 0) is 23.1 Å². The lowest BCUT2D eigenvalue weighted by atomic mass is 9.79. The molecule has 0 radical (unpaired) electrons. The first-order valence-electron chi connectivity index (χ1n) is 10.3. The molecule has 2 aromatic heterocycles. The van der Waals surface area contributed by atoms with Crippen LogP contribution in [0.1, 0.15) is 34.0 Å². The number of carbonyl (C=O) groups is 2. The van der Waals surface area contributed by atoms with Crippen molar-refractivity contribution in [3.63, 3.8) is 0 Å². The number of ether oxygens (including phenoxy) is 1. The molecule has 0 aromatic carbocycles. The van der Waals surface area contributed by atoms with Crippen molar-refractivity contribution in [3.8, 4) is 0 Å². The zero-order valence-corrected chi connectivity index (χ0v) is 19.1. The molecule has 0 bridgehead atoms. The molecule has 182 valence electrons. The van der Waals surface area contributed by atoms with Crippen LogP contribution in [0.4, 0.5) is 13.2 Å². The smallest absolute Gasteiger partial charge is 0.475 e. The van der Waals surface area contributed by atoms with E-state index < -0.39 is 12.1 Å². The van der Waals surface area contributed by atoms with Crippen LogP contribution in [0, 0.1) is 12.8 Å². The summed E-state index contributed by atoms with van der Waals surface area (Å²) in [6.45, 7) is 6.37. The van der Waals surface area contributed by atoms with Gasteiger partial charge in [-0.1, -0.05) is 0 Å². The van der Waals surface area contributed by atoms with Crippen LogP contribution < -0.4 is 5.32 Å². The van der Waals surface area contributed by atoms with E-state index in [1.54, 1.807) is 35.3 Å². The van der Waals surface area contributed by atoms with Gasteiger partial charge in [-0.2, -0.15) is 18.3 Å². The SMILES string of the molecule is Cc1nc(CN2CC3(C2)OCCC3CCNC(=O)c2ccnn2C)cs1.O=C(O)C(F)(F)F. The molecule has 0 saturated carbocycles. The monoisotopic (exact) mass is 489 g/mol. The number of halogens is 3. The number of nitrogens with one attached hydrogen (secondary N) is 1. The molecule has 2 saturated heterocycles. The number of likely N-dealkylation sites (tertiary alicyclic amines) is 1. The van der Waals surface area contributed by atoms with E-state index in [1.165, 1.54) is 0 Å². The van der Waals surface area contributed by atoms with Crippen LogP contribution in [0.25, 0.3) is 0 Å². The van der Waals surface area contributed by atoms with Crippen molar-refractivity contribution >= 4 is 23.2 Å². The van der Waals surface area contributed by atoms with Crippen molar-refractivity contribution in [3.05, 3.63) is 34.0 Å². The van der Waals surface area contributed by atoms with Gasteiger partial charge in [-0.15, -0.1) is 11.3 Å². The van der Waals surface area contributed by atoms with Crippen molar-refractivity contribution < 1.29 is 32.6 Å². The highest BCUT2D eigenvalue weighted by Gasteiger charge is 2.52. The number of rotatable bonds is 6. The Morgan fingerprint density at radius 1 is 1.39 bits per heavy atom. The Morgan fingerprint density at radius 3 is 2.64 bits per heavy atom. The topological polar surface area (TPSA) is 110 Å². The molecule has 33 heavy (non-hydrogen) atoms. The second-order valence-corrected chi connectivity index (χ2v) is 9.15. The van der Waals surface area contributed by atoms with Gasteiger partial charge in [-0.05, 0) is 31.7 Å². The van der Waals surface area contributed by atoms with Gasteiger partial charge in [-0.25, -0.2) is 9.78 Å². The Balaban J connectivity index is 0.000000383. The van der Waals surface area contributed by atoms with Crippen LogP contribution >= 0.6 is 11.3 Å². The lowest BCUT2D eigenvalue weighted by Gasteiger charge is -2.50. The van der Waals surface area contributed by atoms with E-state index in [9.17, 15) is 18.0 Å². The molecule has 1 unspecified atom stereocenters. The van der Waals surface area contributed by atoms with Crippen molar-refractivity contribution in [1.29, 1.82) is 0 Å². The van der Waals surface area contributed by atoms with Gasteiger partial charge in [-0.3, -0.25) is 14.4 Å². The molecule has 2 aromatic rings. The van der Waals surface area contributed by atoms with Gasteiger partial charge in [0.05, 0.1) is 16.3 Å². The number of amides is 1. The number of nitrogens with zero attached hydrogens (tertiary/aromatic N) is 4. The Kier molecular flexibility index (Phi) is 7.75. The molecule has 4 heterocycles. The summed E-state index contributed by atoms with van der Waals surface area (Å²) >= 11 is 1.70. The molecule has 2 fully saturated rings. The highest BCUT2D eigenvalue weighted by atomic mass is 32.1. The fraction of sp³-hybridized carbons (Fsp3) is 0.600. The number of carbonyl (C=O) groups excluding carboxylic acids is 1. The third-order valence-electron chi connectivity index (χ3n) is 5.71. The highest BCUT2D eigenvalue weighted by molar-refractivity contribution is 7.09. The highest BCUT2D eigenvalue weighted by Crippen LogP contribution is 2.42. The van der Waals surface area contributed by atoms with Gasteiger partial charge < -0.3 is 15.2 Å². The summed E-state index contributed by atoms with van der Waals surface area (Å²) in [5.41, 5.74) is 1.72. The van der Waals surface area contributed by atoms with E-state index >= 15 is 0 Å². The summed E-state index contributed by atoms with van der Waals surface area (Å²) in [4.78, 5) is 28.0. The predicted octanol–water partition coefficient (Wildman–Crippen LogP) is 2.23. The number of hydrogen-bond acceptors (Lipinski definition) is 7. The van der Waals surface area contributed by atoms with E-state index in [-0.39, 0.29) is 11.5 Å². The van der Waals surface area contributed by atoms with E-state index in [2.05, 4.69) is 25.7 Å². The Morgan fingerprint density at radius 2 is 2.09 bits per heavy atom. The maximum absolute atomic E-state index is 12.2. The molecule has 2 aliphatic rings. The predicted molar refractivity (Wildman–Crippen MR) is 113 cm³/mol. The summed E-state index contributed by atoms with van der Waals surface area (Å²) in [6.07, 6.45) is -1.42. The minimum Gasteiger partial charge on any atom is -0.475 e. The fourth-order valence-corrected chi connectivity index (χ4v) is 4.73. The Hall–Kier alpha value is -2.51. The van der Waals surface area contributed by atoms with E-state index in [1.807, 2.05) is 6.92 Å². The summed E-state index contributed by atoms with van der Waals surface area (Å²) in [6, 6.07) is 1.74. The largest absolute Gasteiger partial charge is 0.490 e. The number of alkyl halides is 3. The van der Waals surface area contributed by atoms with Gasteiger partial charge in [0, 0.05) is 51.4 Å². The van der Waals surface area contributed by atoms with Gasteiger partial charge in [0.25, 0.3) is 5.91 Å². The minimum absolute atomic E-state index is 0.0255. The second-order valence-electron chi connectivity index (χ2n) is 8.09. The first kappa shape index (κ1) is 25.1. The quantitative estimate of drug-likeness (QED) is 0.640. The van der Waals surface area contributed by atoms with Crippen LogP contribution in [-0.4, -0.2) is 74.7 Å². The molecule has 1 spiro atoms. The molecule has 9 nitrogen and oxygen atoms in total.